The number of aryl methyl sites for hydroxylation is 2. The Hall–Kier alpha value is -7.05. The fourth-order valence-electron chi connectivity index (χ4n) is 6.34. The van der Waals surface area contributed by atoms with Crippen LogP contribution in [0.4, 0.5) is 28.6 Å². The standard InChI is InChI=1S/C40H43Cl2N13O5/c1-52-22-26(20-31(52)38(58)47-25-19-32(53(2)21-25)39(59)51-34-11-10-30(54(34)3)37(57)45-15-12-33(43)44)48-40(60)35-49-28-9-6-24(18-29(28)50-35)46-36(56)23-4-7-27(8-5-23)55(16-13-41)17-14-42/h4-11,18-22H,12-17H2,1-3H3,(H3,43,44)(H,45,57)(H,46,56)(H,47,58)(H,48,60)(H,49,50)(H,51,59). The molecule has 6 aromatic rings. The highest BCUT2D eigenvalue weighted by Gasteiger charge is 2.21. The summed E-state index contributed by atoms with van der Waals surface area (Å²) in [5.74, 6) is -0.976. The number of amidine groups is 1. The largest absolute Gasteiger partial charge is 0.388 e. The Bertz CT molecular complexity index is 2580. The Balaban J connectivity index is 1.05. The van der Waals surface area contributed by atoms with Gasteiger partial charge in [0.15, 0.2) is 5.82 Å². The first kappa shape index (κ1) is 42.6. The molecule has 60 heavy (non-hydrogen) atoms. The van der Waals surface area contributed by atoms with Crippen molar-refractivity contribution in [2.45, 2.75) is 6.42 Å². The lowest BCUT2D eigenvalue weighted by Crippen LogP contribution is -2.29. The van der Waals surface area contributed by atoms with E-state index in [0.717, 1.165) is 5.69 Å². The molecule has 0 atom stereocenters. The summed E-state index contributed by atoms with van der Waals surface area (Å²) in [6.45, 7) is 1.46. The first-order chi connectivity index (χ1) is 28.7. The SMILES string of the molecule is Cn1cc(NC(=O)c2nc3ccc(NC(=O)c4ccc(N(CCCl)CCCl)cc4)cc3[nH]2)cc1C(=O)Nc1cc(C(=O)Nc2ccc(C(=O)NCCC(=N)N)n2C)n(C)c1. The maximum absolute atomic E-state index is 13.3. The molecule has 4 heterocycles. The van der Waals surface area contributed by atoms with Crippen molar-refractivity contribution in [3.05, 3.63) is 108 Å². The summed E-state index contributed by atoms with van der Waals surface area (Å²) in [7, 11) is 4.93. The molecule has 0 spiro atoms. The number of hydrogen-bond acceptors (Lipinski definition) is 8. The van der Waals surface area contributed by atoms with Crippen LogP contribution < -0.4 is 37.2 Å². The lowest BCUT2D eigenvalue weighted by molar-refractivity contribution is 0.0943. The number of H-pyrrole nitrogens is 1. The number of aromatic nitrogens is 5. The second-order valence-corrected chi connectivity index (χ2v) is 14.4. The summed E-state index contributed by atoms with van der Waals surface area (Å²) in [5.41, 5.74) is 9.68. The quantitative estimate of drug-likeness (QED) is 0.0355. The van der Waals surface area contributed by atoms with E-state index < -0.39 is 17.7 Å². The Morgan fingerprint density at radius 1 is 0.717 bits per heavy atom. The first-order valence-electron chi connectivity index (χ1n) is 18.6. The Morgan fingerprint density at radius 3 is 1.93 bits per heavy atom. The Labute approximate surface area is 353 Å². The highest BCUT2D eigenvalue weighted by Crippen LogP contribution is 2.23. The number of hydrogen-bond donors (Lipinski definition) is 8. The number of amides is 5. The number of aromatic amines is 1. The molecule has 2 aromatic carbocycles. The van der Waals surface area contributed by atoms with Crippen LogP contribution in [0.2, 0.25) is 0 Å². The number of nitrogens with one attached hydrogen (secondary N) is 7. The van der Waals surface area contributed by atoms with Crippen molar-refractivity contribution in [2.24, 2.45) is 26.9 Å². The van der Waals surface area contributed by atoms with Gasteiger partial charge in [0.05, 0.1) is 28.2 Å². The normalized spacial score (nSPS) is 10.9. The van der Waals surface area contributed by atoms with Crippen LogP contribution in [0.5, 0.6) is 0 Å². The number of carbonyl (C=O) groups excluding carboxylic acids is 5. The van der Waals surface area contributed by atoms with Crippen LogP contribution in [-0.2, 0) is 21.1 Å². The van der Waals surface area contributed by atoms with Crippen molar-refractivity contribution in [2.75, 3.05) is 57.6 Å². The lowest BCUT2D eigenvalue weighted by atomic mass is 10.1. The number of imidazole rings is 1. The van der Waals surface area contributed by atoms with Crippen molar-refractivity contribution in [3.8, 4) is 0 Å². The summed E-state index contributed by atoms with van der Waals surface area (Å²) >= 11 is 11.8. The Kier molecular flexibility index (Phi) is 13.3. The van der Waals surface area contributed by atoms with Crippen LogP contribution in [-0.4, -0.2) is 90.4 Å². The monoisotopic (exact) mass is 855 g/mol. The number of rotatable bonds is 17. The minimum atomic E-state index is -0.551. The van der Waals surface area contributed by atoms with Crippen molar-refractivity contribution >= 4 is 98.2 Å². The minimum Gasteiger partial charge on any atom is -0.388 e. The molecule has 18 nitrogen and oxygen atoms in total. The number of benzene rings is 2. The number of carbonyl (C=O) groups is 5. The molecule has 0 unspecified atom stereocenters. The zero-order valence-corrected chi connectivity index (χ0v) is 34.4. The highest BCUT2D eigenvalue weighted by molar-refractivity contribution is 6.18. The van der Waals surface area contributed by atoms with E-state index in [1.807, 2.05) is 17.0 Å². The van der Waals surface area contributed by atoms with Gasteiger partial charge in [0, 0.05) is 88.3 Å². The van der Waals surface area contributed by atoms with Gasteiger partial charge in [-0.2, -0.15) is 0 Å². The minimum absolute atomic E-state index is 0.0203. The van der Waals surface area contributed by atoms with E-state index in [4.69, 9.17) is 34.3 Å². The van der Waals surface area contributed by atoms with Crippen molar-refractivity contribution in [1.82, 2.24) is 29.0 Å². The van der Waals surface area contributed by atoms with Gasteiger partial charge in [-0.1, -0.05) is 0 Å². The second kappa shape index (κ2) is 18.7. The molecule has 0 radical (unpaired) electrons. The molecular formula is C40H43Cl2N13O5. The van der Waals surface area contributed by atoms with Gasteiger partial charge in [-0.25, -0.2) is 4.98 Å². The van der Waals surface area contributed by atoms with Crippen LogP contribution in [0.15, 0.2) is 79.1 Å². The van der Waals surface area contributed by atoms with Gasteiger partial charge in [-0.3, -0.25) is 29.4 Å². The maximum atomic E-state index is 13.3. The number of alkyl halides is 2. The molecule has 6 rings (SSSR count). The third-order valence-electron chi connectivity index (χ3n) is 9.43. The molecule has 9 N–H and O–H groups in total. The molecule has 0 bridgehead atoms. The third-order valence-corrected chi connectivity index (χ3v) is 9.76. The van der Waals surface area contributed by atoms with Gasteiger partial charge in [0.25, 0.3) is 29.5 Å². The summed E-state index contributed by atoms with van der Waals surface area (Å²) in [6, 6.07) is 18.4. The van der Waals surface area contributed by atoms with Gasteiger partial charge in [0.1, 0.15) is 22.9 Å². The smallest absolute Gasteiger partial charge is 0.291 e. The molecule has 0 aliphatic heterocycles. The molecular weight excluding hydrogens is 813 g/mol. The molecule has 0 aliphatic carbocycles. The van der Waals surface area contributed by atoms with E-state index in [0.29, 0.717) is 70.0 Å². The van der Waals surface area contributed by atoms with Gasteiger partial charge in [-0.15, -0.1) is 23.2 Å². The number of halogens is 2. The number of fused-ring (bicyclic) bond motifs is 1. The van der Waals surface area contributed by atoms with Crippen LogP contribution in [0.1, 0.15) is 58.9 Å². The van der Waals surface area contributed by atoms with Crippen LogP contribution >= 0.6 is 23.2 Å². The molecule has 0 aliphatic rings. The summed E-state index contributed by atoms with van der Waals surface area (Å²) in [6.07, 6.45) is 3.37. The third kappa shape index (κ3) is 9.96. The highest BCUT2D eigenvalue weighted by atomic mass is 35.5. The van der Waals surface area contributed by atoms with Gasteiger partial charge >= 0.3 is 0 Å². The van der Waals surface area contributed by atoms with Crippen LogP contribution in [0.25, 0.3) is 11.0 Å². The molecule has 4 aromatic heterocycles. The van der Waals surface area contributed by atoms with Gasteiger partial charge in [-0.05, 0) is 66.7 Å². The average molecular weight is 857 g/mol. The van der Waals surface area contributed by atoms with E-state index in [1.165, 1.54) is 16.7 Å². The first-order valence-corrected chi connectivity index (χ1v) is 19.6. The lowest BCUT2D eigenvalue weighted by Gasteiger charge is -2.22. The molecule has 0 saturated carbocycles. The van der Waals surface area contributed by atoms with Crippen molar-refractivity contribution in [1.29, 1.82) is 5.41 Å². The molecule has 0 fully saturated rings. The van der Waals surface area contributed by atoms with Crippen molar-refractivity contribution in [3.63, 3.8) is 0 Å². The van der Waals surface area contributed by atoms with E-state index >= 15 is 0 Å². The molecule has 312 valence electrons. The van der Waals surface area contributed by atoms with E-state index in [1.54, 1.807) is 85.1 Å². The molecule has 5 amide bonds. The predicted octanol–water partition coefficient (Wildman–Crippen LogP) is 4.93. The number of nitrogens with two attached hydrogens (primary N) is 1. The van der Waals surface area contributed by atoms with E-state index in [2.05, 4.69) is 36.6 Å². The Morgan fingerprint density at radius 2 is 1.32 bits per heavy atom. The summed E-state index contributed by atoms with van der Waals surface area (Å²) in [5, 5.41) is 21.2. The number of anilines is 5. The van der Waals surface area contributed by atoms with Crippen LogP contribution in [0.3, 0.4) is 0 Å². The van der Waals surface area contributed by atoms with Crippen molar-refractivity contribution < 1.29 is 24.0 Å². The zero-order valence-electron chi connectivity index (χ0n) is 32.9. The zero-order chi connectivity index (χ0) is 43.1. The maximum Gasteiger partial charge on any atom is 0.291 e. The predicted molar refractivity (Wildman–Crippen MR) is 233 cm³/mol. The van der Waals surface area contributed by atoms with E-state index in [-0.39, 0.29) is 47.8 Å². The van der Waals surface area contributed by atoms with E-state index in [9.17, 15) is 24.0 Å². The topological polar surface area (TPSA) is 242 Å². The fourth-order valence-corrected chi connectivity index (χ4v) is 6.75. The van der Waals surface area contributed by atoms with Crippen LogP contribution in [0, 0.1) is 5.41 Å². The fraction of sp³-hybridized carbons (Fsp3) is 0.225. The van der Waals surface area contributed by atoms with Gasteiger partial charge in [0.2, 0.25) is 0 Å². The number of nitrogens with zero attached hydrogens (tertiary/aromatic N) is 5. The molecule has 0 saturated heterocycles. The van der Waals surface area contributed by atoms with Gasteiger partial charge < -0.3 is 55.9 Å². The molecule has 20 heteroatoms. The second-order valence-electron chi connectivity index (χ2n) is 13.7. The summed E-state index contributed by atoms with van der Waals surface area (Å²) in [4.78, 5) is 74.8. The average Bonchev–Trinajstić information content (AvgIpc) is 3.99. The summed E-state index contributed by atoms with van der Waals surface area (Å²) < 4.78 is 4.61.